The molecule has 0 saturated carbocycles. The van der Waals surface area contributed by atoms with Gasteiger partial charge in [0.25, 0.3) is 0 Å². The van der Waals surface area contributed by atoms with Gasteiger partial charge in [-0.15, -0.1) is 0 Å². The summed E-state index contributed by atoms with van der Waals surface area (Å²) < 4.78 is 51.7. The SMILES string of the molecule is O=C(/C=C/c1cccc(F)c1)Nc1ccc(Cl)cc1C(F)(F)F. The van der Waals surface area contributed by atoms with E-state index < -0.39 is 29.2 Å². The third kappa shape index (κ3) is 4.82. The molecule has 0 aromatic heterocycles. The van der Waals surface area contributed by atoms with Gasteiger partial charge >= 0.3 is 6.18 Å². The Hall–Kier alpha value is -2.34. The molecular formula is C16H10ClF4NO. The number of alkyl halides is 3. The zero-order valence-corrected chi connectivity index (χ0v) is 12.3. The number of nitrogens with one attached hydrogen (secondary N) is 1. The van der Waals surface area contributed by atoms with Crippen LogP contribution in [0.5, 0.6) is 0 Å². The van der Waals surface area contributed by atoms with Crippen LogP contribution in [0.25, 0.3) is 6.08 Å². The monoisotopic (exact) mass is 343 g/mol. The Kier molecular flexibility index (Phi) is 5.05. The molecule has 0 spiro atoms. The zero-order chi connectivity index (χ0) is 17.0. The second-order valence-electron chi connectivity index (χ2n) is 4.57. The van der Waals surface area contributed by atoms with Gasteiger partial charge in [-0.25, -0.2) is 4.39 Å². The second-order valence-corrected chi connectivity index (χ2v) is 5.00. The molecular weight excluding hydrogens is 334 g/mol. The molecule has 0 radical (unpaired) electrons. The first-order chi connectivity index (χ1) is 10.8. The van der Waals surface area contributed by atoms with E-state index in [2.05, 4.69) is 5.32 Å². The molecule has 2 aromatic rings. The fourth-order valence-electron chi connectivity index (χ4n) is 1.82. The summed E-state index contributed by atoms with van der Waals surface area (Å²) >= 11 is 5.55. The number of carbonyl (C=O) groups excluding carboxylic acids is 1. The van der Waals surface area contributed by atoms with Crippen molar-refractivity contribution in [2.24, 2.45) is 0 Å². The van der Waals surface area contributed by atoms with Crippen LogP contribution >= 0.6 is 11.6 Å². The van der Waals surface area contributed by atoms with E-state index in [1.807, 2.05) is 0 Å². The molecule has 0 aliphatic rings. The Labute approximate surface area is 134 Å². The van der Waals surface area contributed by atoms with Gasteiger partial charge < -0.3 is 5.32 Å². The maximum absolute atomic E-state index is 13.0. The van der Waals surface area contributed by atoms with E-state index in [1.54, 1.807) is 6.07 Å². The van der Waals surface area contributed by atoms with E-state index in [-0.39, 0.29) is 5.02 Å². The second kappa shape index (κ2) is 6.83. The minimum Gasteiger partial charge on any atom is -0.322 e. The molecule has 2 aromatic carbocycles. The largest absolute Gasteiger partial charge is 0.418 e. The number of anilines is 1. The zero-order valence-electron chi connectivity index (χ0n) is 11.5. The van der Waals surface area contributed by atoms with Crippen LogP contribution in [0, 0.1) is 5.82 Å². The van der Waals surface area contributed by atoms with Crippen LogP contribution in [0.15, 0.2) is 48.5 Å². The quantitative estimate of drug-likeness (QED) is 0.606. The summed E-state index contributed by atoms with van der Waals surface area (Å²) in [5.41, 5.74) is -1.04. The molecule has 0 aliphatic carbocycles. The molecule has 0 atom stereocenters. The molecule has 2 nitrogen and oxygen atoms in total. The third-order valence-electron chi connectivity index (χ3n) is 2.82. The highest BCUT2D eigenvalue weighted by Gasteiger charge is 2.34. The molecule has 1 N–H and O–H groups in total. The minimum atomic E-state index is -4.65. The first-order valence-corrected chi connectivity index (χ1v) is 6.75. The minimum absolute atomic E-state index is 0.0920. The van der Waals surface area contributed by atoms with Crippen molar-refractivity contribution in [3.63, 3.8) is 0 Å². The molecule has 0 saturated heterocycles. The lowest BCUT2D eigenvalue weighted by Crippen LogP contribution is -2.14. The molecule has 23 heavy (non-hydrogen) atoms. The van der Waals surface area contributed by atoms with E-state index in [0.717, 1.165) is 18.2 Å². The number of rotatable bonds is 3. The van der Waals surface area contributed by atoms with Gasteiger partial charge in [-0.3, -0.25) is 4.79 Å². The topological polar surface area (TPSA) is 29.1 Å². The smallest absolute Gasteiger partial charge is 0.322 e. The van der Waals surface area contributed by atoms with Gasteiger partial charge in [0.2, 0.25) is 5.91 Å². The standard InChI is InChI=1S/C16H10ClF4NO/c17-11-5-6-14(13(9-11)16(19,20)21)22-15(23)7-4-10-2-1-3-12(18)8-10/h1-9H,(H,22,23)/b7-4+. The van der Waals surface area contributed by atoms with Crippen LogP contribution in [0.4, 0.5) is 23.2 Å². The fraction of sp³-hybridized carbons (Fsp3) is 0.0625. The van der Waals surface area contributed by atoms with Gasteiger partial charge in [0.1, 0.15) is 5.82 Å². The van der Waals surface area contributed by atoms with Crippen molar-refractivity contribution in [3.05, 3.63) is 70.5 Å². The Morgan fingerprint density at radius 3 is 2.52 bits per heavy atom. The predicted molar refractivity (Wildman–Crippen MR) is 80.5 cm³/mol. The average Bonchev–Trinajstić information content (AvgIpc) is 2.46. The average molecular weight is 344 g/mol. The maximum atomic E-state index is 13.0. The number of hydrogen-bond acceptors (Lipinski definition) is 1. The van der Waals surface area contributed by atoms with Crippen molar-refractivity contribution >= 4 is 29.3 Å². The Balaban J connectivity index is 2.18. The lowest BCUT2D eigenvalue weighted by atomic mass is 10.1. The van der Waals surface area contributed by atoms with Crippen molar-refractivity contribution in [2.75, 3.05) is 5.32 Å². The van der Waals surface area contributed by atoms with E-state index in [9.17, 15) is 22.4 Å². The Bertz CT molecular complexity index is 756. The van der Waals surface area contributed by atoms with Crippen molar-refractivity contribution in [1.82, 2.24) is 0 Å². The first-order valence-electron chi connectivity index (χ1n) is 6.37. The summed E-state index contributed by atoms with van der Waals surface area (Å²) in [7, 11) is 0. The van der Waals surface area contributed by atoms with Crippen LogP contribution in [0.1, 0.15) is 11.1 Å². The van der Waals surface area contributed by atoms with Gasteiger partial charge in [0.15, 0.2) is 0 Å². The predicted octanol–water partition coefficient (Wildman–Crippen LogP) is 5.15. The maximum Gasteiger partial charge on any atom is 0.418 e. The van der Waals surface area contributed by atoms with Crippen LogP contribution in [-0.4, -0.2) is 5.91 Å². The summed E-state index contributed by atoms with van der Waals surface area (Å²) in [5.74, 6) is -1.26. The fourth-order valence-corrected chi connectivity index (χ4v) is 1.99. The van der Waals surface area contributed by atoms with Gasteiger partial charge in [-0.1, -0.05) is 23.7 Å². The summed E-state index contributed by atoms with van der Waals surface area (Å²) in [6, 6.07) is 8.47. The lowest BCUT2D eigenvalue weighted by molar-refractivity contribution is -0.136. The highest BCUT2D eigenvalue weighted by Crippen LogP contribution is 2.36. The molecule has 0 heterocycles. The molecule has 7 heteroatoms. The number of carbonyl (C=O) groups is 1. The van der Waals surface area contributed by atoms with E-state index in [1.165, 1.54) is 30.3 Å². The number of halogens is 5. The van der Waals surface area contributed by atoms with Gasteiger partial charge in [-0.05, 0) is 42.0 Å². The first kappa shape index (κ1) is 17.0. The molecule has 0 bridgehead atoms. The molecule has 120 valence electrons. The van der Waals surface area contributed by atoms with E-state index in [4.69, 9.17) is 11.6 Å². The van der Waals surface area contributed by atoms with Gasteiger partial charge in [0, 0.05) is 11.1 Å². The molecule has 0 aliphatic heterocycles. The normalized spacial score (nSPS) is 11.7. The number of hydrogen-bond donors (Lipinski definition) is 1. The summed E-state index contributed by atoms with van der Waals surface area (Å²) in [6.07, 6.45) is -2.34. The van der Waals surface area contributed by atoms with Crippen molar-refractivity contribution in [2.45, 2.75) is 6.18 Å². The molecule has 0 fully saturated rings. The van der Waals surface area contributed by atoms with Crippen LogP contribution < -0.4 is 5.32 Å². The van der Waals surface area contributed by atoms with Crippen molar-refractivity contribution in [1.29, 1.82) is 0 Å². The Morgan fingerprint density at radius 2 is 1.87 bits per heavy atom. The van der Waals surface area contributed by atoms with Crippen LogP contribution in [0.3, 0.4) is 0 Å². The van der Waals surface area contributed by atoms with Gasteiger partial charge in [-0.2, -0.15) is 13.2 Å². The third-order valence-corrected chi connectivity index (χ3v) is 3.06. The van der Waals surface area contributed by atoms with Crippen molar-refractivity contribution < 1.29 is 22.4 Å². The lowest BCUT2D eigenvalue weighted by Gasteiger charge is -2.13. The summed E-state index contributed by atoms with van der Waals surface area (Å²) in [6.45, 7) is 0. The summed E-state index contributed by atoms with van der Waals surface area (Å²) in [5, 5.41) is 2.04. The van der Waals surface area contributed by atoms with Crippen molar-refractivity contribution in [3.8, 4) is 0 Å². The molecule has 0 unspecified atom stereocenters. The van der Waals surface area contributed by atoms with E-state index >= 15 is 0 Å². The number of amides is 1. The number of benzene rings is 2. The molecule has 1 amide bonds. The van der Waals surface area contributed by atoms with Gasteiger partial charge in [0.05, 0.1) is 11.3 Å². The Morgan fingerprint density at radius 1 is 1.13 bits per heavy atom. The van der Waals surface area contributed by atoms with E-state index in [0.29, 0.717) is 5.56 Å². The molecule has 2 rings (SSSR count). The highest BCUT2D eigenvalue weighted by atomic mass is 35.5. The highest BCUT2D eigenvalue weighted by molar-refractivity contribution is 6.30. The van der Waals surface area contributed by atoms with Crippen LogP contribution in [-0.2, 0) is 11.0 Å². The van der Waals surface area contributed by atoms with Crippen LogP contribution in [0.2, 0.25) is 5.02 Å². The summed E-state index contributed by atoms with van der Waals surface area (Å²) in [4.78, 5) is 11.7.